The Balaban J connectivity index is 2.75. The van der Waals surface area contributed by atoms with Crippen molar-refractivity contribution in [3.05, 3.63) is 0 Å². The maximum Gasteiger partial charge on any atom is 0.307 e. The molecule has 2 amide bonds. The fourth-order valence-corrected chi connectivity index (χ4v) is 2.42. The van der Waals surface area contributed by atoms with Crippen LogP contribution in [0.1, 0.15) is 19.3 Å². The molecule has 0 aliphatic carbocycles. The van der Waals surface area contributed by atoms with Crippen LogP contribution in [0.5, 0.6) is 0 Å². The summed E-state index contributed by atoms with van der Waals surface area (Å²) in [6.07, 6.45) is 0.207. The highest BCUT2D eigenvalue weighted by molar-refractivity contribution is 5.88. The van der Waals surface area contributed by atoms with Crippen LogP contribution in [0.25, 0.3) is 0 Å². The Bertz CT molecular complexity index is 533. The summed E-state index contributed by atoms with van der Waals surface area (Å²) in [5, 5.41) is 20.0. The first-order valence-electron chi connectivity index (χ1n) is 7.63. The molecule has 1 N–H and O–H groups in total. The first kappa shape index (κ1) is 19.4. The number of hydrogen-bond acceptors (Lipinski definition) is 7. The Hall–Kier alpha value is -2.65. The second kappa shape index (κ2) is 10.2. The molecule has 9 heteroatoms. The van der Waals surface area contributed by atoms with Crippen molar-refractivity contribution in [2.75, 3.05) is 39.8 Å². The van der Waals surface area contributed by atoms with Gasteiger partial charge in [0.15, 0.2) is 0 Å². The molecule has 1 atom stereocenters. The Morgan fingerprint density at radius 3 is 2.50 bits per heavy atom. The van der Waals surface area contributed by atoms with Crippen LogP contribution in [0, 0.1) is 22.7 Å². The number of carbonyl (C=O) groups excluding carboxylic acids is 3. The van der Waals surface area contributed by atoms with Gasteiger partial charge in [0.2, 0.25) is 11.8 Å². The average molecular weight is 335 g/mol. The van der Waals surface area contributed by atoms with Crippen molar-refractivity contribution in [1.82, 2.24) is 15.1 Å². The fraction of sp³-hybridized carbons (Fsp3) is 0.667. The molecule has 9 nitrogen and oxygen atoms in total. The van der Waals surface area contributed by atoms with Gasteiger partial charge in [0.05, 0.1) is 45.1 Å². The van der Waals surface area contributed by atoms with Gasteiger partial charge < -0.3 is 15.0 Å². The summed E-state index contributed by atoms with van der Waals surface area (Å²) >= 11 is 0. The number of nitriles is 2. The second-order valence-electron chi connectivity index (χ2n) is 5.25. The van der Waals surface area contributed by atoms with E-state index >= 15 is 0 Å². The number of rotatable bonds is 8. The smallest absolute Gasteiger partial charge is 0.307 e. The van der Waals surface area contributed by atoms with E-state index in [1.54, 1.807) is 4.90 Å². The number of nitrogens with one attached hydrogen (secondary N) is 1. The predicted octanol–water partition coefficient (Wildman–Crippen LogP) is -0.994. The lowest BCUT2D eigenvalue weighted by Gasteiger charge is -2.35. The lowest BCUT2D eigenvalue weighted by molar-refractivity contribution is -0.147. The molecule has 0 spiro atoms. The van der Waals surface area contributed by atoms with Crippen molar-refractivity contribution in [2.45, 2.75) is 25.3 Å². The Kier molecular flexibility index (Phi) is 8.23. The molecule has 1 unspecified atom stereocenters. The molecule has 1 heterocycles. The number of nitrogens with zero attached hydrogens (tertiary/aromatic N) is 4. The highest BCUT2D eigenvalue weighted by Crippen LogP contribution is 2.11. The highest BCUT2D eigenvalue weighted by Gasteiger charge is 2.33. The largest absolute Gasteiger partial charge is 0.469 e. The molecular weight excluding hydrogens is 314 g/mol. The third kappa shape index (κ3) is 5.86. The standard InChI is InChI=1S/C15H21N5O4/c1-24-14(22)10-12-15(23)18-6-9-20(12)11-13(21)19(7-2-4-16)8-3-5-17/h12H,2-3,6-11H2,1H3,(H,18,23). The normalized spacial score (nSPS) is 17.3. The first-order valence-corrected chi connectivity index (χ1v) is 7.63. The van der Waals surface area contributed by atoms with Gasteiger partial charge in [-0.2, -0.15) is 10.5 Å². The summed E-state index contributed by atoms with van der Waals surface area (Å²) in [5.41, 5.74) is 0. The maximum absolute atomic E-state index is 12.4. The van der Waals surface area contributed by atoms with Crippen LogP contribution in [-0.4, -0.2) is 73.5 Å². The van der Waals surface area contributed by atoms with Gasteiger partial charge >= 0.3 is 5.97 Å². The van der Waals surface area contributed by atoms with Crippen LogP contribution in [0.3, 0.4) is 0 Å². The van der Waals surface area contributed by atoms with Crippen LogP contribution in [-0.2, 0) is 19.1 Å². The molecule has 1 aliphatic rings. The maximum atomic E-state index is 12.4. The van der Waals surface area contributed by atoms with Crippen molar-refractivity contribution in [2.24, 2.45) is 0 Å². The van der Waals surface area contributed by atoms with E-state index in [2.05, 4.69) is 10.1 Å². The molecule has 24 heavy (non-hydrogen) atoms. The van der Waals surface area contributed by atoms with Gasteiger partial charge in [0.1, 0.15) is 6.04 Å². The van der Waals surface area contributed by atoms with Crippen LogP contribution in [0.2, 0.25) is 0 Å². The topological polar surface area (TPSA) is 127 Å². The molecule has 0 aromatic heterocycles. The number of amides is 2. The Labute approximate surface area is 140 Å². The van der Waals surface area contributed by atoms with E-state index < -0.39 is 12.0 Å². The summed E-state index contributed by atoms with van der Waals surface area (Å²) in [4.78, 5) is 39.0. The molecule has 1 saturated heterocycles. The van der Waals surface area contributed by atoms with E-state index in [1.165, 1.54) is 12.0 Å². The van der Waals surface area contributed by atoms with Crippen LogP contribution < -0.4 is 5.32 Å². The summed E-state index contributed by atoms with van der Waals surface area (Å²) in [6, 6.07) is 3.17. The SMILES string of the molecule is COC(=O)CC1C(=O)NCCN1CC(=O)N(CCC#N)CCC#N. The van der Waals surface area contributed by atoms with E-state index in [0.29, 0.717) is 13.1 Å². The summed E-state index contributed by atoms with van der Waals surface area (Å²) in [5.74, 6) is -1.12. The molecule has 0 aromatic rings. The Morgan fingerprint density at radius 1 is 1.33 bits per heavy atom. The minimum absolute atomic E-state index is 0.0497. The monoisotopic (exact) mass is 335 g/mol. The van der Waals surface area contributed by atoms with E-state index in [4.69, 9.17) is 10.5 Å². The molecular formula is C15H21N5O4. The number of methoxy groups -OCH3 is 1. The summed E-state index contributed by atoms with van der Waals surface area (Å²) < 4.78 is 4.60. The van der Waals surface area contributed by atoms with Gasteiger partial charge in [0, 0.05) is 26.2 Å². The summed E-state index contributed by atoms with van der Waals surface area (Å²) in [6.45, 7) is 1.24. The quantitative estimate of drug-likeness (QED) is 0.564. The third-order valence-corrected chi connectivity index (χ3v) is 3.71. The molecule has 130 valence electrons. The lowest BCUT2D eigenvalue weighted by atomic mass is 10.1. The molecule has 0 aromatic carbocycles. The Morgan fingerprint density at radius 2 is 1.96 bits per heavy atom. The second-order valence-corrected chi connectivity index (χ2v) is 5.25. The number of ether oxygens (including phenoxy) is 1. The number of hydrogen-bond donors (Lipinski definition) is 1. The summed E-state index contributed by atoms with van der Waals surface area (Å²) in [7, 11) is 1.24. The molecule has 1 aliphatic heterocycles. The number of esters is 1. The van der Waals surface area contributed by atoms with Crippen molar-refractivity contribution in [3.8, 4) is 12.1 Å². The van der Waals surface area contributed by atoms with Gasteiger partial charge in [-0.3, -0.25) is 19.3 Å². The highest BCUT2D eigenvalue weighted by atomic mass is 16.5. The van der Waals surface area contributed by atoms with E-state index in [0.717, 1.165) is 0 Å². The zero-order valence-electron chi connectivity index (χ0n) is 13.7. The predicted molar refractivity (Wildman–Crippen MR) is 82.0 cm³/mol. The fourth-order valence-electron chi connectivity index (χ4n) is 2.42. The van der Waals surface area contributed by atoms with Gasteiger partial charge in [-0.15, -0.1) is 0 Å². The molecule has 1 fully saturated rings. The van der Waals surface area contributed by atoms with Crippen molar-refractivity contribution in [3.63, 3.8) is 0 Å². The van der Waals surface area contributed by atoms with Crippen LogP contribution >= 0.6 is 0 Å². The van der Waals surface area contributed by atoms with E-state index in [9.17, 15) is 14.4 Å². The minimum atomic E-state index is -0.760. The zero-order valence-corrected chi connectivity index (χ0v) is 13.7. The molecule has 0 saturated carbocycles. The first-order chi connectivity index (χ1) is 11.5. The lowest BCUT2D eigenvalue weighted by Crippen LogP contribution is -2.58. The van der Waals surface area contributed by atoms with Gasteiger partial charge in [-0.05, 0) is 0 Å². The van der Waals surface area contributed by atoms with Crippen molar-refractivity contribution in [1.29, 1.82) is 10.5 Å². The van der Waals surface area contributed by atoms with E-state index in [-0.39, 0.29) is 50.7 Å². The average Bonchev–Trinajstić information content (AvgIpc) is 2.57. The van der Waals surface area contributed by atoms with Gasteiger partial charge in [0.25, 0.3) is 0 Å². The zero-order chi connectivity index (χ0) is 17.9. The van der Waals surface area contributed by atoms with Gasteiger partial charge in [-0.1, -0.05) is 0 Å². The number of carbonyl (C=O) groups is 3. The van der Waals surface area contributed by atoms with Crippen LogP contribution in [0.15, 0.2) is 0 Å². The van der Waals surface area contributed by atoms with Crippen molar-refractivity contribution >= 4 is 17.8 Å². The number of piperazine rings is 1. The van der Waals surface area contributed by atoms with Crippen molar-refractivity contribution < 1.29 is 19.1 Å². The molecule has 0 bridgehead atoms. The third-order valence-electron chi connectivity index (χ3n) is 3.71. The minimum Gasteiger partial charge on any atom is -0.469 e. The van der Waals surface area contributed by atoms with E-state index in [1.807, 2.05) is 12.1 Å². The van der Waals surface area contributed by atoms with Crippen LogP contribution in [0.4, 0.5) is 0 Å². The molecule has 1 rings (SSSR count). The molecule has 0 radical (unpaired) electrons. The van der Waals surface area contributed by atoms with Gasteiger partial charge in [-0.25, -0.2) is 0 Å².